The Labute approximate surface area is 109 Å². The minimum Gasteiger partial charge on any atom is -0.495 e. The lowest BCUT2D eigenvalue weighted by molar-refractivity contribution is 0.414. The van der Waals surface area contributed by atoms with Crippen molar-refractivity contribution >= 4 is 11.5 Å². The zero-order chi connectivity index (χ0) is 13.8. The summed E-state index contributed by atoms with van der Waals surface area (Å²) in [5, 5.41) is 8.82. The van der Waals surface area contributed by atoms with E-state index in [0.717, 1.165) is 0 Å². The zero-order valence-electron chi connectivity index (χ0n) is 10.5. The first-order valence-corrected chi connectivity index (χ1v) is 5.45. The van der Waals surface area contributed by atoms with E-state index in [1.165, 1.54) is 37.7 Å². The lowest BCUT2D eigenvalue weighted by Gasteiger charge is -2.20. The van der Waals surface area contributed by atoms with Gasteiger partial charge in [-0.05, 0) is 12.1 Å². The van der Waals surface area contributed by atoms with E-state index in [-0.39, 0.29) is 11.5 Å². The molecule has 0 bridgehead atoms. The SMILES string of the molecule is COc1ccc(F)cc1N(C)c1cc(C#N)ncn1. The molecule has 1 heterocycles. The number of hydrogen-bond acceptors (Lipinski definition) is 5. The van der Waals surface area contributed by atoms with Crippen LogP contribution in [0.3, 0.4) is 0 Å². The predicted octanol–water partition coefficient (Wildman–Crippen LogP) is 2.26. The van der Waals surface area contributed by atoms with Crippen LogP contribution in [-0.2, 0) is 0 Å². The van der Waals surface area contributed by atoms with Crippen LogP contribution in [0.15, 0.2) is 30.6 Å². The Balaban J connectivity index is 2.46. The number of nitriles is 1. The second-order valence-corrected chi connectivity index (χ2v) is 3.75. The number of rotatable bonds is 3. The van der Waals surface area contributed by atoms with Gasteiger partial charge < -0.3 is 9.64 Å². The fourth-order valence-electron chi connectivity index (χ4n) is 1.64. The topological polar surface area (TPSA) is 62.0 Å². The first kappa shape index (κ1) is 12.8. The number of halogens is 1. The Hall–Kier alpha value is -2.68. The van der Waals surface area contributed by atoms with Crippen molar-refractivity contribution in [1.82, 2.24) is 9.97 Å². The Morgan fingerprint density at radius 1 is 1.32 bits per heavy atom. The van der Waals surface area contributed by atoms with E-state index in [1.807, 2.05) is 6.07 Å². The summed E-state index contributed by atoms with van der Waals surface area (Å²) in [5.74, 6) is 0.619. The van der Waals surface area contributed by atoms with Crippen molar-refractivity contribution in [3.8, 4) is 11.8 Å². The Morgan fingerprint density at radius 2 is 2.11 bits per heavy atom. The molecular weight excluding hydrogens is 247 g/mol. The van der Waals surface area contributed by atoms with Gasteiger partial charge in [-0.25, -0.2) is 14.4 Å². The third kappa shape index (κ3) is 2.60. The van der Waals surface area contributed by atoms with E-state index < -0.39 is 0 Å². The smallest absolute Gasteiger partial charge is 0.145 e. The molecule has 0 spiro atoms. The van der Waals surface area contributed by atoms with Crippen LogP contribution in [0.4, 0.5) is 15.9 Å². The summed E-state index contributed by atoms with van der Waals surface area (Å²) in [5.41, 5.74) is 0.761. The minimum absolute atomic E-state index is 0.243. The van der Waals surface area contributed by atoms with E-state index in [1.54, 1.807) is 11.9 Å². The molecule has 0 fully saturated rings. The first-order chi connectivity index (χ1) is 9.15. The van der Waals surface area contributed by atoms with E-state index in [9.17, 15) is 4.39 Å². The van der Waals surface area contributed by atoms with E-state index in [2.05, 4.69) is 9.97 Å². The molecule has 1 aromatic heterocycles. The van der Waals surface area contributed by atoms with Gasteiger partial charge in [-0.3, -0.25) is 0 Å². The largest absolute Gasteiger partial charge is 0.495 e. The molecule has 2 aromatic rings. The summed E-state index contributed by atoms with van der Waals surface area (Å²) >= 11 is 0. The third-order valence-corrected chi connectivity index (χ3v) is 2.61. The standard InChI is InChI=1S/C13H11FN4O/c1-18(13-6-10(7-15)16-8-17-13)11-5-9(14)3-4-12(11)19-2/h3-6,8H,1-2H3. The quantitative estimate of drug-likeness (QED) is 0.845. The van der Waals surface area contributed by atoms with Gasteiger partial charge in [-0.1, -0.05) is 0 Å². The zero-order valence-corrected chi connectivity index (χ0v) is 10.5. The van der Waals surface area contributed by atoms with E-state index >= 15 is 0 Å². The molecule has 19 heavy (non-hydrogen) atoms. The van der Waals surface area contributed by atoms with Gasteiger partial charge in [0.15, 0.2) is 0 Å². The highest BCUT2D eigenvalue weighted by Crippen LogP contribution is 2.32. The van der Waals surface area contributed by atoms with Crippen LogP contribution in [-0.4, -0.2) is 24.1 Å². The van der Waals surface area contributed by atoms with Crippen LogP contribution < -0.4 is 9.64 Å². The maximum absolute atomic E-state index is 13.3. The molecule has 0 N–H and O–H groups in total. The maximum atomic E-state index is 13.3. The second-order valence-electron chi connectivity index (χ2n) is 3.75. The summed E-state index contributed by atoms with van der Waals surface area (Å²) in [7, 11) is 3.21. The van der Waals surface area contributed by atoms with Crippen molar-refractivity contribution in [2.45, 2.75) is 0 Å². The molecule has 6 heteroatoms. The summed E-state index contributed by atoms with van der Waals surface area (Å²) in [6.45, 7) is 0. The maximum Gasteiger partial charge on any atom is 0.145 e. The highest BCUT2D eigenvalue weighted by atomic mass is 19.1. The van der Waals surface area contributed by atoms with Crippen molar-refractivity contribution < 1.29 is 9.13 Å². The Kier molecular flexibility index (Phi) is 3.57. The van der Waals surface area contributed by atoms with Gasteiger partial charge in [-0.15, -0.1) is 0 Å². The third-order valence-electron chi connectivity index (χ3n) is 2.61. The molecule has 0 radical (unpaired) electrons. The van der Waals surface area contributed by atoms with Gasteiger partial charge >= 0.3 is 0 Å². The fourth-order valence-corrected chi connectivity index (χ4v) is 1.64. The van der Waals surface area contributed by atoms with Gasteiger partial charge in [0.2, 0.25) is 0 Å². The number of methoxy groups -OCH3 is 1. The van der Waals surface area contributed by atoms with Crippen molar-refractivity contribution in [3.05, 3.63) is 42.1 Å². The monoisotopic (exact) mass is 258 g/mol. The minimum atomic E-state index is -0.378. The van der Waals surface area contributed by atoms with Crippen molar-refractivity contribution in [3.63, 3.8) is 0 Å². The Bertz CT molecular complexity index is 639. The van der Waals surface area contributed by atoms with Crippen molar-refractivity contribution in [1.29, 1.82) is 5.26 Å². The first-order valence-electron chi connectivity index (χ1n) is 5.45. The summed E-state index contributed by atoms with van der Waals surface area (Å²) in [6, 6.07) is 7.64. The Morgan fingerprint density at radius 3 is 2.79 bits per heavy atom. The molecule has 0 saturated heterocycles. The second kappa shape index (κ2) is 5.31. The summed E-state index contributed by atoms with van der Waals surface area (Å²) in [6.07, 6.45) is 1.29. The molecule has 0 amide bonds. The molecule has 0 aliphatic rings. The van der Waals surface area contributed by atoms with E-state index in [0.29, 0.717) is 17.3 Å². The fraction of sp³-hybridized carbons (Fsp3) is 0.154. The average molecular weight is 258 g/mol. The van der Waals surface area contributed by atoms with E-state index in [4.69, 9.17) is 10.00 Å². The van der Waals surface area contributed by atoms with Crippen molar-refractivity contribution in [2.75, 3.05) is 19.1 Å². The molecule has 0 saturated carbocycles. The van der Waals surface area contributed by atoms with Crippen LogP contribution in [0.5, 0.6) is 5.75 Å². The molecule has 1 aromatic carbocycles. The van der Waals surface area contributed by atoms with Gasteiger partial charge in [0.25, 0.3) is 0 Å². The van der Waals surface area contributed by atoms with Crippen molar-refractivity contribution in [2.24, 2.45) is 0 Å². The van der Waals surface area contributed by atoms with Crippen LogP contribution in [0, 0.1) is 17.1 Å². The number of anilines is 2. The molecule has 0 aliphatic heterocycles. The molecular formula is C13H11FN4O. The molecule has 96 valence electrons. The van der Waals surface area contributed by atoms with Crippen LogP contribution in [0.25, 0.3) is 0 Å². The van der Waals surface area contributed by atoms with Crippen LogP contribution >= 0.6 is 0 Å². The van der Waals surface area contributed by atoms with Gasteiger partial charge in [-0.2, -0.15) is 5.26 Å². The lowest BCUT2D eigenvalue weighted by Crippen LogP contribution is -2.13. The number of hydrogen-bond donors (Lipinski definition) is 0. The molecule has 0 unspecified atom stereocenters. The molecule has 5 nitrogen and oxygen atoms in total. The summed E-state index contributed by atoms with van der Waals surface area (Å²) < 4.78 is 18.5. The number of benzene rings is 1. The highest BCUT2D eigenvalue weighted by Gasteiger charge is 2.13. The predicted molar refractivity (Wildman–Crippen MR) is 67.8 cm³/mol. The van der Waals surface area contributed by atoms with Crippen LogP contribution in [0.1, 0.15) is 5.69 Å². The number of nitrogens with zero attached hydrogens (tertiary/aromatic N) is 4. The van der Waals surface area contributed by atoms with Gasteiger partial charge in [0, 0.05) is 19.2 Å². The highest BCUT2D eigenvalue weighted by molar-refractivity contribution is 5.66. The summed E-state index contributed by atoms with van der Waals surface area (Å²) in [4.78, 5) is 9.47. The normalized spacial score (nSPS) is 9.79. The van der Waals surface area contributed by atoms with Gasteiger partial charge in [0.1, 0.15) is 35.5 Å². The average Bonchev–Trinajstić information content (AvgIpc) is 2.46. The molecule has 0 aliphatic carbocycles. The lowest BCUT2D eigenvalue weighted by atomic mass is 10.2. The molecule has 2 rings (SSSR count). The van der Waals surface area contributed by atoms with Gasteiger partial charge in [0.05, 0.1) is 12.8 Å². The van der Waals surface area contributed by atoms with Crippen LogP contribution in [0.2, 0.25) is 0 Å². The number of ether oxygens (including phenoxy) is 1. The molecule has 0 atom stereocenters. The number of aromatic nitrogens is 2.